The highest BCUT2D eigenvalue weighted by Crippen LogP contribution is 2.34. The molecule has 0 aliphatic carbocycles. The quantitative estimate of drug-likeness (QED) is 0.844. The van der Waals surface area contributed by atoms with Gasteiger partial charge in [-0.1, -0.05) is 33.8 Å². The van der Waals surface area contributed by atoms with Crippen LogP contribution in [0.15, 0.2) is 18.5 Å². The van der Waals surface area contributed by atoms with Crippen LogP contribution in [0, 0.1) is 18.8 Å². The second kappa shape index (κ2) is 5.63. The molecular weight excluding hydrogens is 210 g/mol. The van der Waals surface area contributed by atoms with Crippen LogP contribution in [0.5, 0.6) is 0 Å². The van der Waals surface area contributed by atoms with Gasteiger partial charge < -0.3 is 5.11 Å². The maximum absolute atomic E-state index is 10.9. The van der Waals surface area contributed by atoms with Gasteiger partial charge in [0.1, 0.15) is 0 Å². The predicted molar refractivity (Wildman–Crippen MR) is 71.8 cm³/mol. The highest BCUT2D eigenvalue weighted by Gasteiger charge is 2.31. The van der Waals surface area contributed by atoms with Gasteiger partial charge in [0.2, 0.25) is 0 Å². The molecule has 2 heteroatoms. The Balaban J connectivity index is 3.04. The van der Waals surface area contributed by atoms with E-state index in [1.165, 1.54) is 0 Å². The van der Waals surface area contributed by atoms with E-state index in [2.05, 4.69) is 38.7 Å². The maximum atomic E-state index is 10.9. The van der Waals surface area contributed by atoms with Gasteiger partial charge in [0.05, 0.1) is 5.60 Å². The molecule has 1 aromatic heterocycles. The summed E-state index contributed by atoms with van der Waals surface area (Å²) in [6, 6.07) is 2.05. The fraction of sp³-hybridized carbons (Fsp3) is 0.667. The zero-order chi connectivity index (χ0) is 13.1. The van der Waals surface area contributed by atoms with Crippen LogP contribution < -0.4 is 0 Å². The van der Waals surface area contributed by atoms with Crippen LogP contribution >= 0.6 is 0 Å². The Bertz CT molecular complexity index is 348. The molecule has 2 nitrogen and oxygen atoms in total. The molecule has 0 amide bonds. The molecule has 1 heterocycles. The first-order valence-electron chi connectivity index (χ1n) is 6.48. The summed E-state index contributed by atoms with van der Waals surface area (Å²) in [4.78, 5) is 4.20. The van der Waals surface area contributed by atoms with Crippen molar-refractivity contribution in [1.29, 1.82) is 0 Å². The third-order valence-electron chi connectivity index (χ3n) is 2.90. The third-order valence-corrected chi connectivity index (χ3v) is 2.90. The highest BCUT2D eigenvalue weighted by atomic mass is 16.3. The van der Waals surface area contributed by atoms with Gasteiger partial charge in [0.15, 0.2) is 0 Å². The van der Waals surface area contributed by atoms with Crippen molar-refractivity contribution < 1.29 is 5.11 Å². The van der Waals surface area contributed by atoms with Gasteiger partial charge in [-0.05, 0) is 37.2 Å². The van der Waals surface area contributed by atoms with E-state index in [0.29, 0.717) is 11.8 Å². The molecule has 1 N–H and O–H groups in total. The number of aliphatic hydroxyl groups is 1. The van der Waals surface area contributed by atoms with Gasteiger partial charge >= 0.3 is 0 Å². The topological polar surface area (TPSA) is 33.1 Å². The Morgan fingerprint density at radius 1 is 1.12 bits per heavy atom. The molecule has 0 aliphatic heterocycles. The summed E-state index contributed by atoms with van der Waals surface area (Å²) < 4.78 is 0. The van der Waals surface area contributed by atoms with Gasteiger partial charge in [0.25, 0.3) is 0 Å². The van der Waals surface area contributed by atoms with E-state index in [1.54, 1.807) is 6.20 Å². The van der Waals surface area contributed by atoms with Gasteiger partial charge in [-0.15, -0.1) is 0 Å². The van der Waals surface area contributed by atoms with Gasteiger partial charge in [-0.3, -0.25) is 4.98 Å². The highest BCUT2D eigenvalue weighted by molar-refractivity contribution is 5.23. The molecule has 0 bridgehead atoms. The Hall–Kier alpha value is -0.890. The third kappa shape index (κ3) is 4.12. The lowest BCUT2D eigenvalue weighted by Gasteiger charge is -2.32. The number of hydrogen-bond acceptors (Lipinski definition) is 2. The molecule has 0 unspecified atom stereocenters. The average Bonchev–Trinajstić information content (AvgIpc) is 2.14. The number of aromatic nitrogens is 1. The molecule has 0 aromatic carbocycles. The van der Waals surface area contributed by atoms with Crippen molar-refractivity contribution in [1.82, 2.24) is 4.98 Å². The lowest BCUT2D eigenvalue weighted by molar-refractivity contribution is -0.00484. The number of rotatable bonds is 5. The molecule has 0 radical (unpaired) electrons. The largest absolute Gasteiger partial charge is 0.385 e. The van der Waals surface area contributed by atoms with E-state index in [4.69, 9.17) is 0 Å². The summed E-state index contributed by atoms with van der Waals surface area (Å²) in [7, 11) is 0. The van der Waals surface area contributed by atoms with Crippen molar-refractivity contribution in [3.63, 3.8) is 0 Å². The van der Waals surface area contributed by atoms with Crippen molar-refractivity contribution in [2.75, 3.05) is 0 Å². The summed E-state index contributed by atoms with van der Waals surface area (Å²) >= 11 is 0. The lowest BCUT2D eigenvalue weighted by Crippen LogP contribution is -2.29. The summed E-state index contributed by atoms with van der Waals surface area (Å²) in [6.45, 7) is 10.6. The summed E-state index contributed by atoms with van der Waals surface area (Å²) in [5, 5.41) is 10.9. The van der Waals surface area contributed by atoms with Crippen LogP contribution in [0.1, 0.15) is 51.7 Å². The van der Waals surface area contributed by atoms with Crippen molar-refractivity contribution in [2.45, 2.75) is 53.1 Å². The Morgan fingerprint density at radius 3 is 2.06 bits per heavy atom. The SMILES string of the molecule is Cc1cncc(C(O)(CC(C)C)CC(C)C)c1. The maximum Gasteiger partial charge on any atom is 0.0916 e. The normalized spacial score (nSPS) is 12.5. The van der Waals surface area contributed by atoms with Gasteiger partial charge in [-0.2, -0.15) is 0 Å². The molecule has 0 saturated heterocycles. The van der Waals surface area contributed by atoms with Crippen molar-refractivity contribution in [3.05, 3.63) is 29.6 Å². The monoisotopic (exact) mass is 235 g/mol. The number of nitrogens with zero attached hydrogens (tertiary/aromatic N) is 1. The Kier molecular flexibility index (Phi) is 4.70. The summed E-state index contributed by atoms with van der Waals surface area (Å²) in [5.74, 6) is 0.943. The van der Waals surface area contributed by atoms with Crippen LogP contribution in [0.25, 0.3) is 0 Å². The minimum atomic E-state index is -0.735. The first kappa shape index (κ1) is 14.2. The smallest absolute Gasteiger partial charge is 0.0916 e. The van der Waals surface area contributed by atoms with E-state index in [9.17, 15) is 5.11 Å². The second-order valence-corrected chi connectivity index (χ2v) is 5.98. The predicted octanol–water partition coefficient (Wildman–Crippen LogP) is 3.67. The van der Waals surface area contributed by atoms with E-state index < -0.39 is 5.60 Å². The van der Waals surface area contributed by atoms with Crippen LogP contribution in [0.2, 0.25) is 0 Å². The Morgan fingerprint density at radius 2 is 1.65 bits per heavy atom. The van der Waals surface area contributed by atoms with E-state index in [-0.39, 0.29) is 0 Å². The van der Waals surface area contributed by atoms with Crippen LogP contribution in [0.3, 0.4) is 0 Å². The van der Waals surface area contributed by atoms with Crippen molar-refractivity contribution >= 4 is 0 Å². The molecule has 0 aliphatic rings. The molecule has 0 atom stereocenters. The number of aryl methyl sites for hydroxylation is 1. The van der Waals surface area contributed by atoms with E-state index in [1.807, 2.05) is 13.1 Å². The molecular formula is C15H25NO. The summed E-state index contributed by atoms with van der Waals surface area (Å²) in [5.41, 5.74) is 1.33. The second-order valence-electron chi connectivity index (χ2n) is 5.98. The molecule has 1 aromatic rings. The molecule has 1 rings (SSSR count). The first-order chi connectivity index (χ1) is 7.83. The van der Waals surface area contributed by atoms with E-state index in [0.717, 1.165) is 24.0 Å². The van der Waals surface area contributed by atoms with Crippen LogP contribution in [-0.4, -0.2) is 10.1 Å². The molecule has 17 heavy (non-hydrogen) atoms. The fourth-order valence-corrected chi connectivity index (χ4v) is 2.48. The summed E-state index contributed by atoms with van der Waals surface area (Å²) in [6.07, 6.45) is 5.21. The zero-order valence-corrected chi connectivity index (χ0v) is 11.7. The van der Waals surface area contributed by atoms with E-state index >= 15 is 0 Å². The van der Waals surface area contributed by atoms with Crippen LogP contribution in [0.4, 0.5) is 0 Å². The molecule has 96 valence electrons. The average molecular weight is 235 g/mol. The number of hydrogen-bond donors (Lipinski definition) is 1. The van der Waals surface area contributed by atoms with Crippen LogP contribution in [-0.2, 0) is 5.60 Å². The lowest BCUT2D eigenvalue weighted by atomic mass is 9.80. The minimum absolute atomic E-state index is 0.472. The fourth-order valence-electron chi connectivity index (χ4n) is 2.48. The van der Waals surface area contributed by atoms with Gasteiger partial charge in [0, 0.05) is 18.0 Å². The zero-order valence-electron chi connectivity index (χ0n) is 11.7. The van der Waals surface area contributed by atoms with Gasteiger partial charge in [-0.25, -0.2) is 0 Å². The van der Waals surface area contributed by atoms with Crippen molar-refractivity contribution in [2.24, 2.45) is 11.8 Å². The standard InChI is InChI=1S/C15H25NO/c1-11(2)7-15(17,8-12(3)4)14-6-13(5)9-16-10-14/h6,9-12,17H,7-8H2,1-5H3. The molecule has 0 fully saturated rings. The number of pyridine rings is 1. The molecule has 0 saturated carbocycles. The Labute approximate surface area is 105 Å². The van der Waals surface area contributed by atoms with Crippen molar-refractivity contribution in [3.8, 4) is 0 Å². The molecule has 0 spiro atoms. The minimum Gasteiger partial charge on any atom is -0.385 e. The first-order valence-corrected chi connectivity index (χ1v) is 6.48.